The Bertz CT molecular complexity index is 1780. The number of carbonyl (C=O) groups is 6. The summed E-state index contributed by atoms with van der Waals surface area (Å²) in [5, 5.41) is 44.9. The summed E-state index contributed by atoms with van der Waals surface area (Å²) in [6, 6.07) is 0.606. The molecule has 6 saturated heterocycles. The number of aliphatic hydroxyl groups is 3. The molecule has 0 aromatic heterocycles. The Labute approximate surface area is 374 Å². The molecule has 6 aliphatic rings. The van der Waals surface area contributed by atoms with Gasteiger partial charge in [0.05, 0.1) is 36.2 Å². The molecule has 0 spiro atoms. The largest absolute Gasteiger partial charge is 0.479 e. The van der Waals surface area contributed by atoms with E-state index < -0.39 is 82.0 Å². The zero-order valence-corrected chi connectivity index (χ0v) is 40.7. The average molecular weight is 900 g/mol. The molecule has 0 saturated carbocycles. The highest BCUT2D eigenvalue weighted by Crippen LogP contribution is 2.56. The van der Waals surface area contributed by atoms with Crippen molar-refractivity contribution in [3.63, 3.8) is 0 Å². The Morgan fingerprint density at radius 1 is 0.839 bits per heavy atom. The number of rotatable bonds is 8. The van der Waals surface area contributed by atoms with Gasteiger partial charge in [-0.2, -0.15) is 0 Å². The fourth-order valence-corrected chi connectivity index (χ4v) is 10.1. The number of aliphatic carboxylic acids is 1. The molecule has 0 aromatic rings. The second-order valence-corrected chi connectivity index (χ2v) is 21.5. The van der Waals surface area contributed by atoms with Gasteiger partial charge in [-0.25, -0.2) is 9.59 Å². The second-order valence-electron chi connectivity index (χ2n) is 21.2. The summed E-state index contributed by atoms with van der Waals surface area (Å²) in [5.41, 5.74) is -6.63. The van der Waals surface area contributed by atoms with Gasteiger partial charge < -0.3 is 49.6 Å². The SMILES string of the molecule is CC(C)[C@@H](O)[C@]1(C(=O)O)NC(=O)[C@@H](C)[C@H]1O.C[C@@H]1NC(=O)C(C)(C)[C@H]1C.C[C@H]1C2COC(C)(C)N2C(=O)C1(C)C.[3H][B]SO[C@@H]1C(C)(C)C(=O)N2C(C)(C)OC(=O)[C@]12[C@H](O)C(C)C. The molecule has 1 unspecified atom stereocenters. The third-order valence-electron chi connectivity index (χ3n) is 14.6. The first-order chi connectivity index (χ1) is 28.4. The van der Waals surface area contributed by atoms with Gasteiger partial charge in [0, 0.05) is 16.9 Å². The molecule has 6 fully saturated rings. The monoisotopic (exact) mass is 900 g/mol. The number of hydrogen-bond donors (Lipinski definition) is 6. The lowest BCUT2D eigenvalue weighted by Gasteiger charge is -2.40. The highest BCUT2D eigenvalue weighted by atomic mass is 32.2. The van der Waals surface area contributed by atoms with Crippen molar-refractivity contribution >= 4 is 54.5 Å². The zero-order valence-electron chi connectivity index (χ0n) is 40.9. The van der Waals surface area contributed by atoms with Gasteiger partial charge in [0.1, 0.15) is 17.9 Å². The van der Waals surface area contributed by atoms with Crippen LogP contribution in [0.15, 0.2) is 0 Å². The number of carboxylic acids is 1. The Hall–Kier alpha value is -2.97. The number of carboxylic acid groups (broad SMARTS) is 1. The summed E-state index contributed by atoms with van der Waals surface area (Å²) in [4.78, 5) is 75.1. The van der Waals surface area contributed by atoms with Crippen LogP contribution in [0, 0.1) is 45.8 Å². The van der Waals surface area contributed by atoms with Crippen molar-refractivity contribution in [3.8, 4) is 0 Å². The third-order valence-corrected chi connectivity index (χ3v) is 14.9. The van der Waals surface area contributed by atoms with Crippen molar-refractivity contribution in [2.45, 2.75) is 184 Å². The first-order valence-corrected chi connectivity index (χ1v) is 22.2. The molecule has 353 valence electrons. The van der Waals surface area contributed by atoms with Gasteiger partial charge in [-0.05, 0) is 73.5 Å². The number of hydrogen-bond acceptors (Lipinski definition) is 13. The molecule has 0 aliphatic carbocycles. The van der Waals surface area contributed by atoms with Crippen molar-refractivity contribution in [1.29, 1.82) is 1.34 Å². The molecule has 1 radical (unpaired) electrons. The molecule has 0 aromatic carbocycles. The molecule has 6 rings (SSSR count). The summed E-state index contributed by atoms with van der Waals surface area (Å²) in [7, 11) is 0.976. The number of esters is 1. The minimum absolute atomic E-state index is 0.167. The van der Waals surface area contributed by atoms with Gasteiger partial charge in [-0.1, -0.05) is 88.1 Å². The zero-order chi connectivity index (χ0) is 49.1. The number of aliphatic hydroxyl groups excluding tert-OH is 3. The maximum Gasteiger partial charge on any atom is 0.339 e. The molecule has 4 amide bonds. The maximum atomic E-state index is 13.0. The summed E-state index contributed by atoms with van der Waals surface area (Å²) in [5.74, 6) is -3.25. The number of fused-ring (bicyclic) bond motifs is 2. The topological polar surface area (TPSA) is 242 Å². The first-order valence-electron chi connectivity index (χ1n) is 22.0. The van der Waals surface area contributed by atoms with Gasteiger partial charge in [-0.15, -0.1) is 0 Å². The molecule has 0 bridgehead atoms. The van der Waals surface area contributed by atoms with Gasteiger partial charge in [0.15, 0.2) is 16.8 Å². The lowest BCUT2D eigenvalue weighted by Crippen LogP contribution is -2.65. The van der Waals surface area contributed by atoms with Gasteiger partial charge >= 0.3 is 11.9 Å². The number of nitrogens with one attached hydrogen (secondary N) is 2. The van der Waals surface area contributed by atoms with E-state index in [1.54, 1.807) is 55.4 Å². The summed E-state index contributed by atoms with van der Waals surface area (Å²) in [6.45, 7) is 33.8. The fourth-order valence-electron chi connectivity index (χ4n) is 9.59. The van der Waals surface area contributed by atoms with E-state index in [9.17, 15) is 44.1 Å². The Kier molecular flexibility index (Phi) is 14.8. The lowest BCUT2D eigenvalue weighted by molar-refractivity contribution is -0.160. The highest BCUT2D eigenvalue weighted by molar-refractivity contribution is 8.15. The van der Waals surface area contributed by atoms with E-state index in [2.05, 4.69) is 31.4 Å². The summed E-state index contributed by atoms with van der Waals surface area (Å²) >= 11 is 0.732. The Morgan fingerprint density at radius 3 is 1.74 bits per heavy atom. The number of amides is 4. The molecule has 11 atom stereocenters. The van der Waals surface area contributed by atoms with Crippen LogP contribution in [-0.2, 0) is 42.4 Å². The quantitative estimate of drug-likeness (QED) is 0.117. The van der Waals surface area contributed by atoms with Crippen molar-refractivity contribution in [3.05, 3.63) is 0 Å². The molecule has 17 nitrogen and oxygen atoms in total. The van der Waals surface area contributed by atoms with Crippen LogP contribution >= 0.6 is 11.9 Å². The van der Waals surface area contributed by atoms with E-state index in [4.69, 9.17) is 20.1 Å². The van der Waals surface area contributed by atoms with Crippen LogP contribution in [-0.4, -0.2) is 140 Å². The Morgan fingerprint density at radius 2 is 1.37 bits per heavy atom. The van der Waals surface area contributed by atoms with E-state index in [-0.39, 0.29) is 40.5 Å². The van der Waals surface area contributed by atoms with Gasteiger partial charge in [0.25, 0.3) is 0 Å². The number of carbonyl (C=O) groups excluding carboxylic acids is 5. The predicted molar refractivity (Wildman–Crippen MR) is 233 cm³/mol. The van der Waals surface area contributed by atoms with E-state index in [0.29, 0.717) is 24.5 Å². The van der Waals surface area contributed by atoms with Crippen molar-refractivity contribution in [1.82, 2.24) is 20.4 Å². The first kappa shape index (κ1) is 51.7. The maximum absolute atomic E-state index is 13.0. The number of ether oxygens (including phenoxy) is 2. The lowest BCUT2D eigenvalue weighted by atomic mass is 9.74. The summed E-state index contributed by atoms with van der Waals surface area (Å²) in [6.07, 6.45) is -4.87. The van der Waals surface area contributed by atoms with Crippen molar-refractivity contribution in [2.24, 2.45) is 45.8 Å². The molecule has 19 heteroatoms. The number of nitrogens with zero attached hydrogens (tertiary/aromatic N) is 2. The van der Waals surface area contributed by atoms with Crippen molar-refractivity contribution in [2.75, 3.05) is 6.61 Å². The summed E-state index contributed by atoms with van der Waals surface area (Å²) < 4.78 is 23.9. The van der Waals surface area contributed by atoms with E-state index in [1.807, 2.05) is 46.4 Å². The van der Waals surface area contributed by atoms with Crippen LogP contribution in [0.25, 0.3) is 0 Å². The average Bonchev–Trinajstić information content (AvgIpc) is 3.85. The van der Waals surface area contributed by atoms with Crippen LogP contribution < -0.4 is 10.6 Å². The normalized spacial score (nSPS) is 36.5. The fraction of sp³-hybridized carbons (Fsp3) is 0.860. The third kappa shape index (κ3) is 8.40. The van der Waals surface area contributed by atoms with Crippen LogP contribution in [0.3, 0.4) is 0 Å². The van der Waals surface area contributed by atoms with Gasteiger partial charge in [-0.3, -0.25) is 24.1 Å². The molecule has 62 heavy (non-hydrogen) atoms. The predicted octanol–water partition coefficient (Wildman–Crippen LogP) is 2.50. The van der Waals surface area contributed by atoms with Gasteiger partial charge in [0.2, 0.25) is 30.7 Å². The molecular weight excluding hydrogens is 823 g/mol. The smallest absolute Gasteiger partial charge is 0.339 e. The highest BCUT2D eigenvalue weighted by Gasteiger charge is 2.78. The number of cyclic esters (lactones) is 1. The molecule has 6 heterocycles. The van der Waals surface area contributed by atoms with E-state index in [1.165, 1.54) is 11.8 Å². The minimum atomic E-state index is -2.00. The Balaban J connectivity index is 0.000000233. The van der Waals surface area contributed by atoms with Crippen molar-refractivity contribution < 1.29 is 62.9 Å². The van der Waals surface area contributed by atoms with Crippen LogP contribution in [0.5, 0.6) is 0 Å². The second kappa shape index (κ2) is 17.8. The molecule has 6 aliphatic heterocycles. The minimum Gasteiger partial charge on any atom is -0.479 e. The molecular formula is C43H74BN4O13S. The van der Waals surface area contributed by atoms with E-state index in [0.717, 1.165) is 19.0 Å². The van der Waals surface area contributed by atoms with Crippen LogP contribution in [0.2, 0.25) is 0 Å². The van der Waals surface area contributed by atoms with Crippen LogP contribution in [0.4, 0.5) is 0 Å². The standard InChI is InChI=1S/C14H23BNO5S.C11H19NO2.C10H17NO5.C8H15NO/c1-7(2)8(17)14-9(21-22-15)12(3,4)10(18)16(14)13(5,6)20-11(14)19;1-7-8-6-14-11(4,5)12(8)9(13)10(7,2)3;1-4(2)6(12)10(9(15)16)7(13)5(3)8(14)11-10;1-5-6(2)9-7(10)8(5,3)4/h7-9,15,17H,1-6H3;7-8H,6H2,1-5H3;4-7,12-13H,1-3H3,(H,11,14)(H,15,16);5-6H,1-4H3,(H,9,10)/t8-,9-,14+;7-,8?;5-,6+,7+,10-;5-,6-/m1000/s1/i15T;;;. The molecule has 6 N–H and O–H groups in total. The van der Waals surface area contributed by atoms with E-state index >= 15 is 0 Å². The van der Waals surface area contributed by atoms with Crippen LogP contribution in [0.1, 0.15) is 125 Å².